The first-order valence-corrected chi connectivity index (χ1v) is 5.63. The number of piperidine rings is 1. The topological polar surface area (TPSA) is 3.24 Å². The summed E-state index contributed by atoms with van der Waals surface area (Å²) in [5.74, 6) is 1.49. The fraction of sp³-hybridized carbons (Fsp3) is 1.00. The van der Waals surface area contributed by atoms with Crippen LogP contribution in [0.4, 0.5) is 0 Å². The molecule has 0 amide bonds. The summed E-state index contributed by atoms with van der Waals surface area (Å²) in [6.07, 6.45) is 4.93. The zero-order valence-electron chi connectivity index (χ0n) is 12.1. The largest absolute Gasteiger partial charge is 0.303 e. The lowest BCUT2D eigenvalue weighted by atomic mass is 9.88. The average Bonchev–Trinajstić information content (AvgIpc) is 2.15. The van der Waals surface area contributed by atoms with E-state index in [1.54, 1.807) is 0 Å². The highest BCUT2D eigenvalue weighted by Gasteiger charge is 2.19. The highest BCUT2D eigenvalue weighted by atomic mass is 15.1. The molecule has 0 bridgehead atoms. The van der Waals surface area contributed by atoms with Gasteiger partial charge in [-0.05, 0) is 44.2 Å². The predicted molar refractivity (Wildman–Crippen MR) is 58.9 cm³/mol. The quantitative estimate of drug-likeness (QED) is 0.652. The van der Waals surface area contributed by atoms with Crippen LogP contribution in [0.5, 0.6) is 0 Å². The first-order chi connectivity index (χ1) is 7.40. The zero-order valence-corrected chi connectivity index (χ0v) is 9.05. The van der Waals surface area contributed by atoms with Crippen molar-refractivity contribution in [2.24, 2.45) is 11.8 Å². The molecule has 1 aliphatic heterocycles. The van der Waals surface area contributed by atoms with Crippen LogP contribution in [0.25, 0.3) is 0 Å². The van der Waals surface area contributed by atoms with E-state index in [2.05, 4.69) is 18.7 Å². The highest BCUT2D eigenvalue weighted by Crippen LogP contribution is 2.24. The maximum atomic E-state index is 7.30. The lowest BCUT2D eigenvalue weighted by Gasteiger charge is -2.33. The second-order valence-electron chi connectivity index (χ2n) is 4.49. The summed E-state index contributed by atoms with van der Waals surface area (Å²) in [5, 5.41) is 0. The van der Waals surface area contributed by atoms with Crippen molar-refractivity contribution in [3.8, 4) is 0 Å². The molecule has 0 aromatic heterocycles. The van der Waals surface area contributed by atoms with Crippen LogP contribution in [0, 0.1) is 11.8 Å². The van der Waals surface area contributed by atoms with E-state index in [0.717, 1.165) is 25.4 Å². The molecule has 0 radical (unpaired) electrons. The summed E-state index contributed by atoms with van der Waals surface area (Å²) in [6, 6.07) is 0. The Morgan fingerprint density at radius 2 is 2.46 bits per heavy atom. The van der Waals surface area contributed by atoms with Crippen molar-refractivity contribution in [3.05, 3.63) is 0 Å². The fourth-order valence-corrected chi connectivity index (χ4v) is 2.22. The third kappa shape index (κ3) is 3.68. The molecule has 1 saturated heterocycles. The standard InChI is InChI=1S/C12H25N/c1-4-11(3)9-12-7-6-8-13(5-2)10-12/h11-12H,4-10H2,1-3H3/i2D3. The smallest absolute Gasteiger partial charge is 0.0243 e. The molecule has 1 rings (SSSR count). The normalized spacial score (nSPS) is 31.8. The fourth-order valence-electron chi connectivity index (χ4n) is 2.22. The SMILES string of the molecule is [2H]C([2H])([2H])CN1CCCC(CC(C)CC)C1. The monoisotopic (exact) mass is 186 g/mol. The van der Waals surface area contributed by atoms with Gasteiger partial charge in [0.15, 0.2) is 0 Å². The van der Waals surface area contributed by atoms with Crippen molar-refractivity contribution in [1.29, 1.82) is 0 Å². The molecular formula is C12H25N. The van der Waals surface area contributed by atoms with Gasteiger partial charge in [-0.2, -0.15) is 0 Å². The van der Waals surface area contributed by atoms with Gasteiger partial charge in [0.05, 0.1) is 0 Å². The molecular weight excluding hydrogens is 158 g/mol. The molecule has 2 unspecified atom stereocenters. The van der Waals surface area contributed by atoms with Crippen molar-refractivity contribution >= 4 is 0 Å². The molecule has 0 aromatic carbocycles. The van der Waals surface area contributed by atoms with Crippen molar-refractivity contribution in [1.82, 2.24) is 4.90 Å². The van der Waals surface area contributed by atoms with E-state index in [1.165, 1.54) is 19.3 Å². The molecule has 13 heavy (non-hydrogen) atoms. The van der Waals surface area contributed by atoms with E-state index in [-0.39, 0.29) is 6.54 Å². The van der Waals surface area contributed by atoms with Gasteiger partial charge in [0, 0.05) is 10.7 Å². The second kappa shape index (κ2) is 5.64. The van der Waals surface area contributed by atoms with Gasteiger partial charge in [0.25, 0.3) is 0 Å². The van der Waals surface area contributed by atoms with Crippen LogP contribution >= 0.6 is 0 Å². The maximum absolute atomic E-state index is 7.30. The molecule has 0 spiro atoms. The van der Waals surface area contributed by atoms with Gasteiger partial charge < -0.3 is 4.90 Å². The minimum atomic E-state index is -1.79. The number of hydrogen-bond donors (Lipinski definition) is 0. The number of hydrogen-bond acceptors (Lipinski definition) is 1. The van der Waals surface area contributed by atoms with Gasteiger partial charge in [0.2, 0.25) is 0 Å². The van der Waals surface area contributed by atoms with Crippen molar-refractivity contribution < 1.29 is 4.11 Å². The Morgan fingerprint density at radius 3 is 3.15 bits per heavy atom. The lowest BCUT2D eigenvalue weighted by molar-refractivity contribution is 0.163. The summed E-state index contributed by atoms with van der Waals surface area (Å²) >= 11 is 0. The number of rotatable bonds is 4. The minimum Gasteiger partial charge on any atom is -0.303 e. The van der Waals surface area contributed by atoms with E-state index in [1.807, 2.05) is 0 Å². The predicted octanol–water partition coefficient (Wildman–Crippen LogP) is 3.15. The summed E-state index contributed by atoms with van der Waals surface area (Å²) in [4.78, 5) is 2.13. The summed E-state index contributed by atoms with van der Waals surface area (Å²) in [7, 11) is 0. The molecule has 2 atom stereocenters. The molecule has 0 N–H and O–H groups in total. The summed E-state index contributed by atoms with van der Waals surface area (Å²) < 4.78 is 21.9. The lowest BCUT2D eigenvalue weighted by Crippen LogP contribution is -2.35. The van der Waals surface area contributed by atoms with E-state index in [9.17, 15) is 0 Å². The maximum Gasteiger partial charge on any atom is 0.0243 e. The van der Waals surface area contributed by atoms with Crippen LogP contribution in [-0.2, 0) is 0 Å². The van der Waals surface area contributed by atoms with Gasteiger partial charge >= 0.3 is 0 Å². The molecule has 1 heterocycles. The molecule has 0 aliphatic carbocycles. The molecule has 0 saturated carbocycles. The van der Waals surface area contributed by atoms with Crippen LogP contribution in [0.1, 0.15) is 50.5 Å². The third-order valence-corrected chi connectivity index (χ3v) is 3.26. The van der Waals surface area contributed by atoms with Gasteiger partial charge in [-0.25, -0.2) is 0 Å². The van der Waals surface area contributed by atoms with Gasteiger partial charge in [0.1, 0.15) is 0 Å². The average molecular weight is 186 g/mol. The Bertz CT molecular complexity index is 203. The van der Waals surface area contributed by atoms with E-state index in [0.29, 0.717) is 5.92 Å². The minimum absolute atomic E-state index is 0.268. The van der Waals surface area contributed by atoms with Gasteiger partial charge in [-0.15, -0.1) is 0 Å². The summed E-state index contributed by atoms with van der Waals surface area (Å²) in [5.41, 5.74) is 0. The van der Waals surface area contributed by atoms with Crippen molar-refractivity contribution in [2.75, 3.05) is 19.6 Å². The zero-order chi connectivity index (χ0) is 12.2. The Morgan fingerprint density at radius 1 is 1.62 bits per heavy atom. The third-order valence-electron chi connectivity index (χ3n) is 3.26. The van der Waals surface area contributed by atoms with Crippen LogP contribution in [0.15, 0.2) is 0 Å². The van der Waals surface area contributed by atoms with E-state index in [4.69, 9.17) is 4.11 Å². The molecule has 1 heteroatoms. The molecule has 1 fully saturated rings. The molecule has 78 valence electrons. The first kappa shape index (κ1) is 7.28. The van der Waals surface area contributed by atoms with Crippen LogP contribution in [0.2, 0.25) is 0 Å². The highest BCUT2D eigenvalue weighted by molar-refractivity contribution is 4.73. The Balaban J connectivity index is 2.35. The van der Waals surface area contributed by atoms with Crippen LogP contribution in [0.3, 0.4) is 0 Å². The number of nitrogens with zero attached hydrogens (tertiary/aromatic N) is 1. The number of likely N-dealkylation sites (tertiary alicyclic amines) is 1. The van der Waals surface area contributed by atoms with E-state index < -0.39 is 6.85 Å². The van der Waals surface area contributed by atoms with Crippen molar-refractivity contribution in [3.63, 3.8) is 0 Å². The van der Waals surface area contributed by atoms with Crippen molar-refractivity contribution in [2.45, 2.75) is 46.4 Å². The van der Waals surface area contributed by atoms with E-state index >= 15 is 0 Å². The Kier molecular flexibility index (Phi) is 3.16. The van der Waals surface area contributed by atoms with Gasteiger partial charge in [-0.1, -0.05) is 27.1 Å². The Hall–Kier alpha value is -0.0400. The Labute approximate surface area is 87.7 Å². The molecule has 1 nitrogen and oxygen atoms in total. The molecule has 0 aromatic rings. The molecule has 1 aliphatic rings. The first-order valence-electron chi connectivity index (χ1n) is 7.13. The second-order valence-corrected chi connectivity index (χ2v) is 4.49. The van der Waals surface area contributed by atoms with Gasteiger partial charge in [-0.3, -0.25) is 0 Å². The van der Waals surface area contributed by atoms with Crippen LogP contribution < -0.4 is 0 Å². The van der Waals surface area contributed by atoms with Crippen LogP contribution in [-0.4, -0.2) is 24.5 Å². The summed E-state index contributed by atoms with van der Waals surface area (Å²) in [6.45, 7) is 4.96.